The molecular weight excluding hydrogens is 264 g/mol. The maximum atomic E-state index is 12.0. The van der Waals surface area contributed by atoms with Gasteiger partial charge in [-0.25, -0.2) is 0 Å². The maximum Gasteiger partial charge on any atom is 0.224 e. The molecule has 0 spiro atoms. The molecule has 1 amide bonds. The van der Waals surface area contributed by atoms with Crippen molar-refractivity contribution in [2.75, 3.05) is 20.3 Å². The van der Waals surface area contributed by atoms with Gasteiger partial charge in [0.2, 0.25) is 5.91 Å². The molecule has 1 fully saturated rings. The third-order valence-electron chi connectivity index (χ3n) is 4.21. The Hall–Kier alpha value is -1.55. The lowest BCUT2D eigenvalue weighted by atomic mass is 10.1. The molecule has 1 aromatic carbocycles. The standard InChI is InChI=1S/C17H26N2O2/c1-5-21-16-8-6-15(7-9-16)11-18(4)12-19-14(3)13(2)10-17(19)20/h6-9,13-14H,5,10-12H2,1-4H3/t13-,14-/m0/s1. The van der Waals surface area contributed by atoms with Gasteiger partial charge in [0.1, 0.15) is 5.75 Å². The first-order chi connectivity index (χ1) is 10.0. The lowest BCUT2D eigenvalue weighted by Crippen LogP contribution is -2.40. The molecule has 0 unspecified atom stereocenters. The Morgan fingerprint density at radius 3 is 2.48 bits per heavy atom. The Morgan fingerprint density at radius 1 is 1.29 bits per heavy atom. The zero-order valence-electron chi connectivity index (χ0n) is 13.5. The average Bonchev–Trinajstić information content (AvgIpc) is 2.68. The Balaban J connectivity index is 1.89. The summed E-state index contributed by atoms with van der Waals surface area (Å²) in [5.74, 6) is 1.63. The Kier molecular flexibility index (Phi) is 5.23. The third kappa shape index (κ3) is 3.97. The molecule has 0 saturated carbocycles. The first-order valence-corrected chi connectivity index (χ1v) is 7.71. The second-order valence-corrected chi connectivity index (χ2v) is 6.02. The summed E-state index contributed by atoms with van der Waals surface area (Å²) in [6.45, 7) is 8.48. The van der Waals surface area contributed by atoms with Gasteiger partial charge in [0.15, 0.2) is 0 Å². The second kappa shape index (κ2) is 6.94. The van der Waals surface area contributed by atoms with Crippen LogP contribution in [0.15, 0.2) is 24.3 Å². The van der Waals surface area contributed by atoms with Crippen LogP contribution < -0.4 is 4.74 Å². The van der Waals surface area contributed by atoms with Crippen LogP contribution in [0.1, 0.15) is 32.8 Å². The highest BCUT2D eigenvalue weighted by molar-refractivity contribution is 5.79. The number of nitrogens with zero attached hydrogens (tertiary/aromatic N) is 2. The van der Waals surface area contributed by atoms with Crippen LogP contribution in [0.3, 0.4) is 0 Å². The van der Waals surface area contributed by atoms with E-state index in [9.17, 15) is 4.79 Å². The van der Waals surface area contributed by atoms with Gasteiger partial charge in [0.25, 0.3) is 0 Å². The molecule has 1 saturated heterocycles. The largest absolute Gasteiger partial charge is 0.494 e. The summed E-state index contributed by atoms with van der Waals surface area (Å²) in [5.41, 5.74) is 1.23. The molecule has 1 aromatic rings. The number of carbonyl (C=O) groups is 1. The fraction of sp³-hybridized carbons (Fsp3) is 0.588. The van der Waals surface area contributed by atoms with Crippen molar-refractivity contribution < 1.29 is 9.53 Å². The summed E-state index contributed by atoms with van der Waals surface area (Å²) in [7, 11) is 2.06. The highest BCUT2D eigenvalue weighted by atomic mass is 16.5. The Bertz CT molecular complexity index is 472. The number of carbonyl (C=O) groups excluding carboxylic acids is 1. The predicted octanol–water partition coefficient (Wildman–Crippen LogP) is 2.73. The molecule has 21 heavy (non-hydrogen) atoms. The van der Waals surface area contributed by atoms with E-state index < -0.39 is 0 Å². The van der Waals surface area contributed by atoms with E-state index in [2.05, 4.69) is 37.9 Å². The SMILES string of the molecule is CCOc1ccc(CN(C)CN2C(=O)C[C@H](C)[C@@H]2C)cc1. The van der Waals surface area contributed by atoms with Crippen molar-refractivity contribution in [3.8, 4) is 5.75 Å². The summed E-state index contributed by atoms with van der Waals surface area (Å²) >= 11 is 0. The number of amides is 1. The van der Waals surface area contributed by atoms with Crippen molar-refractivity contribution in [2.24, 2.45) is 5.92 Å². The van der Waals surface area contributed by atoms with Gasteiger partial charge in [-0.1, -0.05) is 19.1 Å². The molecule has 0 aliphatic carbocycles. The van der Waals surface area contributed by atoms with Crippen LogP contribution in [0.4, 0.5) is 0 Å². The van der Waals surface area contributed by atoms with Crippen molar-refractivity contribution in [2.45, 2.75) is 39.8 Å². The molecule has 4 heteroatoms. The van der Waals surface area contributed by atoms with Crippen molar-refractivity contribution in [3.05, 3.63) is 29.8 Å². The summed E-state index contributed by atoms with van der Waals surface area (Å²) in [6.07, 6.45) is 0.679. The lowest BCUT2D eigenvalue weighted by molar-refractivity contribution is -0.130. The minimum Gasteiger partial charge on any atom is -0.494 e. The van der Waals surface area contributed by atoms with Gasteiger partial charge in [0, 0.05) is 19.0 Å². The third-order valence-corrected chi connectivity index (χ3v) is 4.21. The molecule has 2 rings (SSSR count). The summed E-state index contributed by atoms with van der Waals surface area (Å²) in [5, 5.41) is 0. The topological polar surface area (TPSA) is 32.8 Å². The van der Waals surface area contributed by atoms with Crippen LogP contribution in [-0.4, -0.2) is 42.1 Å². The van der Waals surface area contributed by atoms with Gasteiger partial charge in [-0.2, -0.15) is 0 Å². The highest BCUT2D eigenvalue weighted by Gasteiger charge is 2.34. The van der Waals surface area contributed by atoms with Crippen LogP contribution in [0.25, 0.3) is 0 Å². The minimum atomic E-state index is 0.272. The molecule has 4 nitrogen and oxygen atoms in total. The number of rotatable bonds is 6. The normalized spacial score (nSPS) is 22.1. The van der Waals surface area contributed by atoms with Crippen LogP contribution in [-0.2, 0) is 11.3 Å². The lowest BCUT2D eigenvalue weighted by Gasteiger charge is -2.29. The van der Waals surface area contributed by atoms with Crippen molar-refractivity contribution in [3.63, 3.8) is 0 Å². The highest BCUT2D eigenvalue weighted by Crippen LogP contribution is 2.24. The number of benzene rings is 1. The molecule has 116 valence electrons. The Labute approximate surface area is 127 Å². The van der Waals surface area contributed by atoms with Gasteiger partial charge >= 0.3 is 0 Å². The fourth-order valence-electron chi connectivity index (χ4n) is 2.78. The summed E-state index contributed by atoms with van der Waals surface area (Å²) in [4.78, 5) is 16.2. The van der Waals surface area contributed by atoms with Crippen LogP contribution in [0.5, 0.6) is 5.75 Å². The van der Waals surface area contributed by atoms with Crippen molar-refractivity contribution in [1.29, 1.82) is 0 Å². The molecule has 1 heterocycles. The van der Waals surface area contributed by atoms with Crippen LogP contribution in [0.2, 0.25) is 0 Å². The summed E-state index contributed by atoms with van der Waals surface area (Å²) in [6, 6.07) is 8.50. The van der Waals surface area contributed by atoms with Gasteiger partial charge in [-0.05, 0) is 44.5 Å². The molecule has 1 aliphatic heterocycles. The quantitative estimate of drug-likeness (QED) is 0.807. The van der Waals surface area contributed by atoms with Gasteiger partial charge in [-0.15, -0.1) is 0 Å². The number of ether oxygens (including phenoxy) is 1. The van der Waals surface area contributed by atoms with E-state index in [-0.39, 0.29) is 5.91 Å². The van der Waals surface area contributed by atoms with E-state index in [1.54, 1.807) is 0 Å². The van der Waals surface area contributed by atoms with E-state index in [1.165, 1.54) is 5.56 Å². The first-order valence-electron chi connectivity index (χ1n) is 7.71. The Morgan fingerprint density at radius 2 is 1.95 bits per heavy atom. The molecular formula is C17H26N2O2. The second-order valence-electron chi connectivity index (χ2n) is 6.02. The molecule has 0 bridgehead atoms. The number of hydrogen-bond acceptors (Lipinski definition) is 3. The zero-order chi connectivity index (χ0) is 15.4. The first kappa shape index (κ1) is 15.8. The van der Waals surface area contributed by atoms with Crippen LogP contribution in [0, 0.1) is 5.92 Å². The van der Waals surface area contributed by atoms with E-state index in [0.29, 0.717) is 31.7 Å². The molecule has 2 atom stereocenters. The average molecular weight is 290 g/mol. The van der Waals surface area contributed by atoms with Gasteiger partial charge < -0.3 is 9.64 Å². The predicted molar refractivity (Wildman–Crippen MR) is 84.0 cm³/mol. The molecule has 0 radical (unpaired) electrons. The van der Waals surface area contributed by atoms with Crippen LogP contribution >= 0.6 is 0 Å². The van der Waals surface area contributed by atoms with Gasteiger partial charge in [0.05, 0.1) is 13.3 Å². The maximum absolute atomic E-state index is 12.0. The fourth-order valence-corrected chi connectivity index (χ4v) is 2.78. The molecule has 0 aromatic heterocycles. The smallest absolute Gasteiger partial charge is 0.224 e. The van der Waals surface area contributed by atoms with Crippen molar-refractivity contribution >= 4 is 5.91 Å². The van der Waals surface area contributed by atoms with E-state index >= 15 is 0 Å². The van der Waals surface area contributed by atoms with E-state index in [0.717, 1.165) is 12.3 Å². The van der Waals surface area contributed by atoms with E-state index in [1.807, 2.05) is 24.0 Å². The number of likely N-dealkylation sites (tertiary alicyclic amines) is 1. The van der Waals surface area contributed by atoms with Crippen molar-refractivity contribution in [1.82, 2.24) is 9.80 Å². The number of hydrogen-bond donors (Lipinski definition) is 0. The molecule has 0 N–H and O–H groups in total. The van der Waals surface area contributed by atoms with E-state index in [4.69, 9.17) is 4.74 Å². The molecule has 1 aliphatic rings. The minimum absolute atomic E-state index is 0.272. The monoisotopic (exact) mass is 290 g/mol. The zero-order valence-corrected chi connectivity index (χ0v) is 13.5. The van der Waals surface area contributed by atoms with Gasteiger partial charge in [-0.3, -0.25) is 9.69 Å². The summed E-state index contributed by atoms with van der Waals surface area (Å²) < 4.78 is 5.45.